The van der Waals surface area contributed by atoms with Crippen LogP contribution >= 0.6 is 11.8 Å². The molecule has 2 aliphatic carbocycles. The molecule has 2 aromatic rings. The van der Waals surface area contributed by atoms with Gasteiger partial charge in [-0.25, -0.2) is 4.68 Å². The molecule has 0 aliphatic heterocycles. The van der Waals surface area contributed by atoms with Crippen molar-refractivity contribution >= 4 is 17.7 Å². The first-order valence-corrected chi connectivity index (χ1v) is 9.40. The van der Waals surface area contributed by atoms with Gasteiger partial charge in [0.1, 0.15) is 0 Å². The van der Waals surface area contributed by atoms with Crippen LogP contribution in [0.5, 0.6) is 0 Å². The Kier molecular flexibility index (Phi) is 4.04. The van der Waals surface area contributed by atoms with Crippen LogP contribution in [0.15, 0.2) is 29.4 Å². The number of aromatic nitrogens is 4. The Morgan fingerprint density at radius 2 is 2.17 bits per heavy atom. The van der Waals surface area contributed by atoms with Crippen LogP contribution in [-0.4, -0.2) is 38.4 Å². The fourth-order valence-electron chi connectivity index (χ4n) is 3.14. The van der Waals surface area contributed by atoms with E-state index in [1.807, 2.05) is 4.68 Å². The van der Waals surface area contributed by atoms with Gasteiger partial charge in [-0.3, -0.25) is 4.79 Å². The fourth-order valence-corrected chi connectivity index (χ4v) is 3.91. The highest BCUT2D eigenvalue weighted by Crippen LogP contribution is 2.48. The van der Waals surface area contributed by atoms with Gasteiger partial charge in [0.15, 0.2) is 0 Å². The van der Waals surface area contributed by atoms with Crippen LogP contribution in [0, 0.1) is 6.92 Å². The average molecular weight is 343 g/mol. The Bertz CT molecular complexity index is 751. The van der Waals surface area contributed by atoms with Crippen LogP contribution in [0.1, 0.15) is 42.9 Å². The Labute approximate surface area is 145 Å². The number of aryl methyl sites for hydroxylation is 1. The molecule has 0 bridgehead atoms. The number of carbonyl (C=O) groups is 1. The fraction of sp³-hybridized carbons (Fsp3) is 0.529. The molecule has 2 aliphatic rings. The van der Waals surface area contributed by atoms with Crippen molar-refractivity contribution in [1.82, 2.24) is 25.5 Å². The molecule has 0 radical (unpaired) electrons. The van der Waals surface area contributed by atoms with Crippen molar-refractivity contribution in [2.45, 2.75) is 49.2 Å². The van der Waals surface area contributed by atoms with Gasteiger partial charge in [-0.2, -0.15) is 0 Å². The molecule has 2 fully saturated rings. The minimum absolute atomic E-state index is 0.0465. The number of nitrogens with zero attached hydrogens (tertiary/aromatic N) is 4. The van der Waals surface area contributed by atoms with E-state index >= 15 is 0 Å². The lowest BCUT2D eigenvalue weighted by atomic mass is 9.92. The number of amides is 1. The summed E-state index contributed by atoms with van der Waals surface area (Å²) in [7, 11) is 0. The summed E-state index contributed by atoms with van der Waals surface area (Å²) in [6.45, 7) is 2.86. The number of thioether (sulfide) groups is 1. The third-order valence-electron chi connectivity index (χ3n) is 4.88. The summed E-state index contributed by atoms with van der Waals surface area (Å²) >= 11 is 1.41. The van der Waals surface area contributed by atoms with Crippen LogP contribution in [0.2, 0.25) is 0 Å². The smallest absolute Gasteiger partial charge is 0.230 e. The SMILES string of the molecule is Cc1ccccc1C1(CNC(=O)CSc2nnnn2C2CC2)CC1. The van der Waals surface area contributed by atoms with E-state index in [1.54, 1.807) is 0 Å². The van der Waals surface area contributed by atoms with Crippen LogP contribution in [0.4, 0.5) is 0 Å². The summed E-state index contributed by atoms with van der Waals surface area (Å²) in [6.07, 6.45) is 4.55. The highest BCUT2D eigenvalue weighted by Gasteiger charge is 2.45. The monoisotopic (exact) mass is 343 g/mol. The molecule has 24 heavy (non-hydrogen) atoms. The Balaban J connectivity index is 1.31. The molecule has 4 rings (SSSR count). The van der Waals surface area contributed by atoms with Gasteiger partial charge in [0.05, 0.1) is 11.8 Å². The molecule has 7 heteroatoms. The second-order valence-corrected chi connectivity index (χ2v) is 7.74. The van der Waals surface area contributed by atoms with Gasteiger partial charge in [-0.1, -0.05) is 36.0 Å². The molecule has 1 aromatic heterocycles. The third-order valence-corrected chi connectivity index (χ3v) is 5.82. The Hall–Kier alpha value is -1.89. The second kappa shape index (κ2) is 6.20. The van der Waals surface area contributed by atoms with E-state index in [0.717, 1.165) is 30.8 Å². The average Bonchev–Trinajstić information content (AvgIpc) is 3.51. The van der Waals surface area contributed by atoms with Crippen molar-refractivity contribution in [3.05, 3.63) is 35.4 Å². The van der Waals surface area contributed by atoms with Gasteiger partial charge >= 0.3 is 0 Å². The third kappa shape index (κ3) is 3.17. The zero-order valence-electron chi connectivity index (χ0n) is 13.7. The number of carbonyl (C=O) groups excluding carboxylic acids is 1. The number of rotatable bonds is 7. The summed E-state index contributed by atoms with van der Waals surface area (Å²) in [5.41, 5.74) is 2.82. The van der Waals surface area contributed by atoms with E-state index in [2.05, 4.69) is 52.0 Å². The summed E-state index contributed by atoms with van der Waals surface area (Å²) in [5.74, 6) is 0.405. The van der Waals surface area contributed by atoms with Crippen molar-refractivity contribution in [2.75, 3.05) is 12.3 Å². The first-order valence-electron chi connectivity index (χ1n) is 8.41. The molecule has 0 unspecified atom stereocenters. The minimum Gasteiger partial charge on any atom is -0.354 e. The predicted molar refractivity (Wildman–Crippen MR) is 91.9 cm³/mol. The molecule has 1 aromatic carbocycles. The van der Waals surface area contributed by atoms with Gasteiger partial charge in [0.25, 0.3) is 0 Å². The van der Waals surface area contributed by atoms with Crippen LogP contribution in [0.25, 0.3) is 0 Å². The summed E-state index contributed by atoms with van der Waals surface area (Å²) < 4.78 is 1.84. The quantitative estimate of drug-likeness (QED) is 0.781. The molecular formula is C17H21N5OS. The van der Waals surface area contributed by atoms with E-state index in [0.29, 0.717) is 18.3 Å². The maximum absolute atomic E-state index is 12.2. The van der Waals surface area contributed by atoms with Crippen molar-refractivity contribution in [3.8, 4) is 0 Å². The summed E-state index contributed by atoms with van der Waals surface area (Å²) in [6, 6.07) is 8.91. The molecule has 6 nitrogen and oxygen atoms in total. The number of hydrogen-bond acceptors (Lipinski definition) is 5. The molecule has 2 saturated carbocycles. The van der Waals surface area contributed by atoms with E-state index in [1.165, 1.54) is 22.9 Å². The Morgan fingerprint density at radius 1 is 1.38 bits per heavy atom. The molecule has 1 N–H and O–H groups in total. The van der Waals surface area contributed by atoms with Gasteiger partial charge in [0, 0.05) is 12.0 Å². The summed E-state index contributed by atoms with van der Waals surface area (Å²) in [5, 5.41) is 15.6. The van der Waals surface area contributed by atoms with Gasteiger partial charge in [0.2, 0.25) is 11.1 Å². The number of tetrazole rings is 1. The molecule has 0 saturated heterocycles. The molecule has 126 valence electrons. The minimum atomic E-state index is 0.0465. The predicted octanol–water partition coefficient (Wildman–Crippen LogP) is 2.26. The van der Waals surface area contributed by atoms with Crippen molar-refractivity contribution in [1.29, 1.82) is 0 Å². The zero-order chi connectivity index (χ0) is 16.6. The van der Waals surface area contributed by atoms with Gasteiger partial charge < -0.3 is 5.32 Å². The van der Waals surface area contributed by atoms with E-state index in [-0.39, 0.29) is 11.3 Å². The second-order valence-electron chi connectivity index (χ2n) is 6.80. The van der Waals surface area contributed by atoms with Crippen molar-refractivity contribution in [2.24, 2.45) is 0 Å². The highest BCUT2D eigenvalue weighted by molar-refractivity contribution is 7.99. The summed E-state index contributed by atoms with van der Waals surface area (Å²) in [4.78, 5) is 12.2. The maximum Gasteiger partial charge on any atom is 0.230 e. The zero-order valence-corrected chi connectivity index (χ0v) is 14.6. The molecule has 0 spiro atoms. The van der Waals surface area contributed by atoms with Crippen molar-refractivity contribution in [3.63, 3.8) is 0 Å². The normalized spacial score (nSPS) is 18.4. The molecular weight excluding hydrogens is 322 g/mol. The lowest BCUT2D eigenvalue weighted by Crippen LogP contribution is -2.33. The van der Waals surface area contributed by atoms with E-state index in [4.69, 9.17) is 0 Å². The van der Waals surface area contributed by atoms with Gasteiger partial charge in [-0.05, 0) is 54.2 Å². The maximum atomic E-state index is 12.2. The number of nitrogens with one attached hydrogen (secondary N) is 1. The first kappa shape index (κ1) is 15.6. The van der Waals surface area contributed by atoms with Crippen molar-refractivity contribution < 1.29 is 4.79 Å². The largest absolute Gasteiger partial charge is 0.354 e. The van der Waals surface area contributed by atoms with Crippen LogP contribution < -0.4 is 5.32 Å². The first-order chi connectivity index (χ1) is 11.7. The molecule has 0 atom stereocenters. The lowest BCUT2D eigenvalue weighted by Gasteiger charge is -2.18. The van der Waals surface area contributed by atoms with E-state index in [9.17, 15) is 4.79 Å². The highest BCUT2D eigenvalue weighted by atomic mass is 32.2. The van der Waals surface area contributed by atoms with E-state index < -0.39 is 0 Å². The van der Waals surface area contributed by atoms with Crippen LogP contribution in [-0.2, 0) is 10.2 Å². The molecule has 1 amide bonds. The van der Waals surface area contributed by atoms with Crippen LogP contribution in [0.3, 0.4) is 0 Å². The number of hydrogen-bond donors (Lipinski definition) is 1. The standard InChI is InChI=1S/C17H21N5OS/c1-12-4-2-3-5-14(12)17(8-9-17)11-18-15(23)10-24-16-19-20-21-22(16)13-6-7-13/h2-5,13H,6-11H2,1H3,(H,18,23). The Morgan fingerprint density at radius 3 is 2.88 bits per heavy atom. The van der Waals surface area contributed by atoms with Gasteiger partial charge in [-0.15, -0.1) is 5.10 Å². The lowest BCUT2D eigenvalue weighted by molar-refractivity contribution is -0.118. The molecule has 1 heterocycles. The number of benzene rings is 1. The topological polar surface area (TPSA) is 72.7 Å².